The molecule has 160 valence electrons. The fourth-order valence-electron chi connectivity index (χ4n) is 4.90. The number of halogens is 2. The maximum absolute atomic E-state index is 14.4. The Morgan fingerprint density at radius 3 is 2.71 bits per heavy atom. The minimum atomic E-state index is -3.11. The molecule has 2 heterocycles. The first-order chi connectivity index (χ1) is 14.9. The fourth-order valence-corrected chi connectivity index (χ4v) is 4.90. The molecule has 2 aromatic carbocycles. The number of nitrogens with zero attached hydrogens (tertiary/aromatic N) is 2. The van der Waals surface area contributed by atoms with Gasteiger partial charge in [-0.3, -0.25) is 0 Å². The van der Waals surface area contributed by atoms with Gasteiger partial charge in [0.1, 0.15) is 11.3 Å². The minimum Gasteiger partial charge on any atom is -0.388 e. The molecule has 0 amide bonds. The first-order valence-corrected chi connectivity index (χ1v) is 10.8. The van der Waals surface area contributed by atoms with Gasteiger partial charge in [0.2, 0.25) is 0 Å². The highest BCUT2D eigenvalue weighted by atomic mass is 19.3. The number of hydrogen-bond acceptors (Lipinski definition) is 3. The van der Waals surface area contributed by atoms with E-state index in [1.165, 1.54) is 12.5 Å². The first-order valence-electron chi connectivity index (χ1n) is 10.8. The second kappa shape index (κ2) is 7.29. The molecule has 31 heavy (non-hydrogen) atoms. The van der Waals surface area contributed by atoms with Crippen molar-refractivity contribution in [1.82, 2.24) is 9.97 Å². The molecule has 1 saturated carbocycles. The number of oxime groups is 1. The summed E-state index contributed by atoms with van der Waals surface area (Å²) in [6.45, 7) is 5.45. The Bertz CT molecular complexity index is 1170. The maximum Gasteiger partial charge on any atom is 0.292 e. The minimum absolute atomic E-state index is 0.0643. The number of fused-ring (bicyclic) bond motifs is 1. The smallest absolute Gasteiger partial charge is 0.292 e. The predicted molar refractivity (Wildman–Crippen MR) is 118 cm³/mol. The van der Waals surface area contributed by atoms with Crippen LogP contribution in [0.4, 0.5) is 8.78 Å². The van der Waals surface area contributed by atoms with E-state index in [9.17, 15) is 8.78 Å². The number of hydrogen-bond donors (Lipinski definition) is 1. The molecule has 1 aromatic heterocycles. The van der Waals surface area contributed by atoms with Crippen LogP contribution in [-0.2, 0) is 10.8 Å². The van der Waals surface area contributed by atoms with Crippen molar-refractivity contribution in [3.05, 3.63) is 66.5 Å². The van der Waals surface area contributed by atoms with Gasteiger partial charge >= 0.3 is 0 Å². The molecule has 0 radical (unpaired) electrons. The zero-order valence-electron chi connectivity index (χ0n) is 17.5. The van der Waals surface area contributed by atoms with E-state index in [0.29, 0.717) is 23.0 Å². The fraction of sp³-hybridized carbons (Fsp3) is 0.360. The molecule has 1 aliphatic heterocycles. The molecule has 1 N–H and O–H groups in total. The lowest BCUT2D eigenvalue weighted by Gasteiger charge is -2.34. The van der Waals surface area contributed by atoms with Crippen molar-refractivity contribution in [1.29, 1.82) is 0 Å². The number of imidazole rings is 1. The molecule has 1 spiro atoms. The van der Waals surface area contributed by atoms with Crippen molar-refractivity contribution in [2.45, 2.75) is 50.6 Å². The van der Waals surface area contributed by atoms with Crippen LogP contribution < -0.4 is 0 Å². The lowest BCUT2D eigenvalue weighted by atomic mass is 9.75. The third-order valence-corrected chi connectivity index (χ3v) is 6.80. The van der Waals surface area contributed by atoms with E-state index in [0.717, 1.165) is 42.4 Å². The van der Waals surface area contributed by atoms with Gasteiger partial charge in [0, 0.05) is 11.5 Å². The standard InChI is InChI=1S/C25H25F2N3O/c1-3-25(26,27)19-10-6-5-9-18(19)17-11-12-20-21(15-17)29-23(28-20)22-16(2)24(31-30-22)13-7-4-8-14-24/h3,5-6,9-12,15-16H,1,4,7-8,13-14H2,2H3,(H,28,29). The number of aromatic nitrogens is 2. The molecule has 1 aliphatic carbocycles. The predicted octanol–water partition coefficient (Wildman–Crippen LogP) is 6.58. The Morgan fingerprint density at radius 1 is 1.16 bits per heavy atom. The number of rotatable bonds is 4. The van der Waals surface area contributed by atoms with Gasteiger partial charge in [0.05, 0.1) is 11.0 Å². The Kier molecular flexibility index (Phi) is 4.68. The van der Waals surface area contributed by atoms with Crippen molar-refractivity contribution >= 4 is 16.7 Å². The van der Waals surface area contributed by atoms with Crippen LogP contribution in [0.2, 0.25) is 0 Å². The van der Waals surface area contributed by atoms with Crippen LogP contribution in [0.5, 0.6) is 0 Å². The van der Waals surface area contributed by atoms with Gasteiger partial charge in [-0.2, -0.15) is 8.78 Å². The molecule has 0 saturated heterocycles. The number of benzene rings is 2. The van der Waals surface area contributed by atoms with Crippen LogP contribution >= 0.6 is 0 Å². The molecule has 0 bridgehead atoms. The zero-order chi connectivity index (χ0) is 21.6. The summed E-state index contributed by atoms with van der Waals surface area (Å²) in [4.78, 5) is 14.0. The second-order valence-corrected chi connectivity index (χ2v) is 8.60. The topological polar surface area (TPSA) is 50.3 Å². The first kappa shape index (κ1) is 19.9. The van der Waals surface area contributed by atoms with Gasteiger partial charge in [-0.25, -0.2) is 4.98 Å². The molecule has 1 fully saturated rings. The van der Waals surface area contributed by atoms with Crippen LogP contribution in [0.15, 0.2) is 60.3 Å². The van der Waals surface area contributed by atoms with Crippen LogP contribution in [0.25, 0.3) is 22.2 Å². The van der Waals surface area contributed by atoms with Crippen molar-refractivity contribution in [2.75, 3.05) is 0 Å². The van der Waals surface area contributed by atoms with Crippen LogP contribution in [0.3, 0.4) is 0 Å². The summed E-state index contributed by atoms with van der Waals surface area (Å²) >= 11 is 0. The maximum atomic E-state index is 14.4. The molecule has 2 aliphatic rings. The number of aromatic amines is 1. The Morgan fingerprint density at radius 2 is 1.94 bits per heavy atom. The molecular formula is C25H25F2N3O. The van der Waals surface area contributed by atoms with Crippen LogP contribution in [0.1, 0.15) is 50.4 Å². The normalized spacial score (nSPS) is 20.6. The highest BCUT2D eigenvalue weighted by Crippen LogP contribution is 2.43. The SMILES string of the molecule is C=CC(F)(F)c1ccccc1-c1ccc2nc(C3=NOC4(CCCCC4)C3C)[nH]c2c1. The van der Waals surface area contributed by atoms with Crippen molar-refractivity contribution in [3.63, 3.8) is 0 Å². The quantitative estimate of drug-likeness (QED) is 0.484. The Balaban J connectivity index is 1.51. The summed E-state index contributed by atoms with van der Waals surface area (Å²) in [5.41, 5.74) is 3.27. The monoisotopic (exact) mass is 421 g/mol. The van der Waals surface area contributed by atoms with Gasteiger partial charge < -0.3 is 9.82 Å². The van der Waals surface area contributed by atoms with Gasteiger partial charge in [-0.05, 0) is 55.0 Å². The average molecular weight is 421 g/mol. The number of alkyl halides is 2. The van der Waals surface area contributed by atoms with E-state index in [1.54, 1.807) is 18.2 Å². The Hall–Kier alpha value is -3.02. The average Bonchev–Trinajstić information content (AvgIpc) is 3.35. The molecular weight excluding hydrogens is 396 g/mol. The summed E-state index contributed by atoms with van der Waals surface area (Å²) in [7, 11) is 0. The Labute approximate surface area is 180 Å². The third-order valence-electron chi connectivity index (χ3n) is 6.80. The van der Waals surface area contributed by atoms with E-state index >= 15 is 0 Å². The second-order valence-electron chi connectivity index (χ2n) is 8.60. The molecule has 6 heteroatoms. The highest BCUT2D eigenvalue weighted by molar-refractivity contribution is 6.02. The number of nitrogens with one attached hydrogen (secondary N) is 1. The van der Waals surface area contributed by atoms with Crippen molar-refractivity contribution in [3.8, 4) is 11.1 Å². The number of allylic oxidation sites excluding steroid dienone is 1. The summed E-state index contributed by atoms with van der Waals surface area (Å²) in [6, 6.07) is 12.1. The van der Waals surface area contributed by atoms with Gasteiger partial charge in [0.15, 0.2) is 5.82 Å². The molecule has 4 nitrogen and oxygen atoms in total. The van der Waals surface area contributed by atoms with Crippen molar-refractivity contribution in [2.24, 2.45) is 11.1 Å². The number of H-pyrrole nitrogens is 1. The van der Waals surface area contributed by atoms with E-state index < -0.39 is 5.92 Å². The molecule has 5 rings (SSSR count). The summed E-state index contributed by atoms with van der Waals surface area (Å²) in [5.74, 6) is -2.27. The van der Waals surface area contributed by atoms with Crippen LogP contribution in [-0.4, -0.2) is 21.3 Å². The molecule has 1 unspecified atom stereocenters. The van der Waals surface area contributed by atoms with E-state index in [-0.39, 0.29) is 17.1 Å². The zero-order valence-corrected chi connectivity index (χ0v) is 17.5. The summed E-state index contributed by atoms with van der Waals surface area (Å²) < 4.78 is 28.8. The molecule has 1 atom stereocenters. The summed E-state index contributed by atoms with van der Waals surface area (Å²) in [5, 5.41) is 4.41. The highest BCUT2D eigenvalue weighted by Gasteiger charge is 2.47. The van der Waals surface area contributed by atoms with E-state index in [2.05, 4.69) is 23.6 Å². The van der Waals surface area contributed by atoms with Gasteiger partial charge in [0.25, 0.3) is 5.92 Å². The lowest BCUT2D eigenvalue weighted by Crippen LogP contribution is -2.39. The van der Waals surface area contributed by atoms with Gasteiger partial charge in [-0.15, -0.1) is 0 Å². The van der Waals surface area contributed by atoms with Crippen LogP contribution in [0, 0.1) is 5.92 Å². The molecule has 3 aromatic rings. The lowest BCUT2D eigenvalue weighted by molar-refractivity contribution is -0.0667. The van der Waals surface area contributed by atoms with E-state index in [1.807, 2.05) is 18.2 Å². The largest absolute Gasteiger partial charge is 0.388 e. The summed E-state index contributed by atoms with van der Waals surface area (Å²) in [6.07, 6.45) is 6.27. The van der Waals surface area contributed by atoms with Crippen molar-refractivity contribution < 1.29 is 13.6 Å². The van der Waals surface area contributed by atoms with Gasteiger partial charge in [-0.1, -0.05) is 55.4 Å². The van der Waals surface area contributed by atoms with E-state index in [4.69, 9.17) is 9.82 Å². The third kappa shape index (κ3) is 3.25.